The normalized spacial score (nSPS) is 13.0. The van der Waals surface area contributed by atoms with Crippen molar-refractivity contribution in [3.63, 3.8) is 0 Å². The maximum atomic E-state index is 13.7. The Labute approximate surface area is 212 Å². The third-order valence-corrected chi connectivity index (χ3v) is 5.97. The van der Waals surface area contributed by atoms with Crippen molar-refractivity contribution < 1.29 is 19.1 Å². The molecule has 0 radical (unpaired) electrons. The topological polar surface area (TPSA) is 87.7 Å². The highest BCUT2D eigenvalue weighted by Gasteiger charge is 2.35. The van der Waals surface area contributed by atoms with E-state index in [-0.39, 0.29) is 11.8 Å². The molecule has 2 unspecified atom stereocenters. The second kappa shape index (κ2) is 14.7. The van der Waals surface area contributed by atoms with Crippen molar-refractivity contribution in [2.75, 3.05) is 13.1 Å². The van der Waals surface area contributed by atoms with Crippen LogP contribution >= 0.6 is 0 Å². The molecule has 0 saturated heterocycles. The molecule has 0 heterocycles. The number of carbonyl (C=O) groups is 3. The molecule has 1 aromatic carbocycles. The summed E-state index contributed by atoms with van der Waals surface area (Å²) in [6.07, 6.45) is 5.03. The molecule has 1 rings (SSSR count). The SMILES string of the molecule is CCCCCNC(=O)C(c1cccc(C)c1C)N(CCCCC)C(=O)C(C)NC(=O)OC(C)(C)C. The molecular formula is C28H47N3O4. The quantitative estimate of drug-likeness (QED) is 0.354. The fraction of sp³-hybridized carbons (Fsp3) is 0.679. The Morgan fingerprint density at radius 3 is 2.23 bits per heavy atom. The minimum Gasteiger partial charge on any atom is -0.444 e. The van der Waals surface area contributed by atoms with Crippen LogP contribution in [0.5, 0.6) is 0 Å². The number of nitrogens with zero attached hydrogens (tertiary/aromatic N) is 1. The largest absolute Gasteiger partial charge is 0.444 e. The van der Waals surface area contributed by atoms with Gasteiger partial charge < -0.3 is 20.3 Å². The van der Waals surface area contributed by atoms with Crippen molar-refractivity contribution in [1.29, 1.82) is 0 Å². The third kappa shape index (κ3) is 10.3. The Morgan fingerprint density at radius 1 is 1.00 bits per heavy atom. The van der Waals surface area contributed by atoms with Gasteiger partial charge in [0.05, 0.1) is 0 Å². The number of hydrogen-bond donors (Lipinski definition) is 2. The number of carbonyl (C=O) groups excluding carboxylic acids is 3. The zero-order valence-electron chi connectivity index (χ0n) is 23.1. The van der Waals surface area contributed by atoms with Gasteiger partial charge in [-0.3, -0.25) is 9.59 Å². The lowest BCUT2D eigenvalue weighted by Crippen LogP contribution is -2.52. The van der Waals surface area contributed by atoms with Crippen LogP contribution in [0.3, 0.4) is 0 Å². The zero-order valence-corrected chi connectivity index (χ0v) is 23.1. The van der Waals surface area contributed by atoms with E-state index in [0.717, 1.165) is 55.2 Å². The molecule has 0 saturated carbocycles. The summed E-state index contributed by atoms with van der Waals surface area (Å²) in [7, 11) is 0. The molecule has 2 atom stereocenters. The Morgan fingerprint density at radius 2 is 1.63 bits per heavy atom. The van der Waals surface area contributed by atoms with Crippen molar-refractivity contribution in [1.82, 2.24) is 15.5 Å². The summed E-state index contributed by atoms with van der Waals surface area (Å²) >= 11 is 0. The Kier molecular flexibility index (Phi) is 12.8. The fourth-order valence-electron chi connectivity index (χ4n) is 3.90. The van der Waals surface area contributed by atoms with Crippen molar-refractivity contribution in [2.45, 2.75) is 112 Å². The van der Waals surface area contributed by atoms with E-state index in [0.29, 0.717) is 13.1 Å². The summed E-state index contributed by atoms with van der Waals surface area (Å²) in [5.41, 5.74) is 2.19. The predicted molar refractivity (Wildman–Crippen MR) is 141 cm³/mol. The maximum Gasteiger partial charge on any atom is 0.408 e. The highest BCUT2D eigenvalue weighted by Crippen LogP contribution is 2.28. The smallest absolute Gasteiger partial charge is 0.408 e. The first-order chi connectivity index (χ1) is 16.4. The van der Waals surface area contributed by atoms with E-state index in [1.807, 2.05) is 32.0 Å². The van der Waals surface area contributed by atoms with Crippen molar-refractivity contribution in [2.24, 2.45) is 0 Å². The van der Waals surface area contributed by atoms with Gasteiger partial charge in [-0.1, -0.05) is 57.7 Å². The molecule has 3 amide bonds. The van der Waals surface area contributed by atoms with E-state index in [1.165, 1.54) is 0 Å². The first-order valence-corrected chi connectivity index (χ1v) is 13.1. The molecule has 35 heavy (non-hydrogen) atoms. The summed E-state index contributed by atoms with van der Waals surface area (Å²) in [5.74, 6) is -0.495. The minimum absolute atomic E-state index is 0.191. The summed E-state index contributed by atoms with van der Waals surface area (Å²) in [6.45, 7) is 16.2. The number of unbranched alkanes of at least 4 members (excludes halogenated alkanes) is 4. The van der Waals surface area contributed by atoms with Gasteiger partial charge in [-0.25, -0.2) is 4.79 Å². The number of amides is 3. The lowest BCUT2D eigenvalue weighted by Gasteiger charge is -2.34. The first kappa shape index (κ1) is 30.5. The van der Waals surface area contributed by atoms with Crippen LogP contribution in [0.2, 0.25) is 0 Å². The van der Waals surface area contributed by atoms with Crippen LogP contribution in [-0.2, 0) is 14.3 Å². The summed E-state index contributed by atoms with van der Waals surface area (Å²) in [5, 5.41) is 5.71. The van der Waals surface area contributed by atoms with Crippen LogP contribution in [0.4, 0.5) is 4.79 Å². The number of hydrogen-bond acceptors (Lipinski definition) is 4. The molecule has 0 bridgehead atoms. The van der Waals surface area contributed by atoms with Gasteiger partial charge in [0, 0.05) is 13.1 Å². The average Bonchev–Trinajstić information content (AvgIpc) is 2.76. The van der Waals surface area contributed by atoms with Crippen molar-refractivity contribution in [3.8, 4) is 0 Å². The molecule has 0 spiro atoms. The van der Waals surface area contributed by atoms with E-state index < -0.39 is 23.8 Å². The van der Waals surface area contributed by atoms with Gasteiger partial charge in [0.25, 0.3) is 0 Å². The summed E-state index contributed by atoms with van der Waals surface area (Å²) in [6, 6.07) is 4.23. The van der Waals surface area contributed by atoms with Gasteiger partial charge in [-0.2, -0.15) is 0 Å². The molecule has 198 valence electrons. The average molecular weight is 490 g/mol. The molecule has 0 aliphatic rings. The standard InChI is InChI=1S/C28H47N3O4/c1-9-11-13-18-29-25(32)24(23-17-15-16-20(3)21(23)4)31(19-14-12-10-2)26(33)22(5)30-27(34)35-28(6,7)8/h15-17,22,24H,9-14,18-19H2,1-8H3,(H,29,32)(H,30,34). The van der Waals surface area contributed by atoms with Gasteiger partial charge in [-0.05, 0) is 71.1 Å². The molecule has 7 heteroatoms. The number of alkyl carbamates (subject to hydrolysis) is 1. The molecule has 0 fully saturated rings. The monoisotopic (exact) mass is 489 g/mol. The highest BCUT2D eigenvalue weighted by molar-refractivity contribution is 5.92. The van der Waals surface area contributed by atoms with E-state index in [1.54, 1.807) is 32.6 Å². The number of ether oxygens (including phenoxy) is 1. The maximum absolute atomic E-state index is 13.7. The van der Waals surface area contributed by atoms with Crippen LogP contribution < -0.4 is 10.6 Å². The van der Waals surface area contributed by atoms with E-state index in [9.17, 15) is 14.4 Å². The molecule has 0 aromatic heterocycles. The third-order valence-electron chi connectivity index (χ3n) is 5.97. The van der Waals surface area contributed by atoms with Crippen LogP contribution in [0.1, 0.15) is 103 Å². The number of nitrogens with one attached hydrogen (secondary N) is 2. The van der Waals surface area contributed by atoms with Gasteiger partial charge in [0.2, 0.25) is 11.8 Å². The van der Waals surface area contributed by atoms with Gasteiger partial charge in [0.15, 0.2) is 0 Å². The fourth-order valence-corrected chi connectivity index (χ4v) is 3.90. The zero-order chi connectivity index (χ0) is 26.6. The number of rotatable bonds is 13. The van der Waals surface area contributed by atoms with E-state index in [4.69, 9.17) is 4.74 Å². The molecule has 0 aliphatic heterocycles. The first-order valence-electron chi connectivity index (χ1n) is 13.1. The minimum atomic E-state index is -0.841. The Hall–Kier alpha value is -2.57. The van der Waals surface area contributed by atoms with Crippen LogP contribution in [0, 0.1) is 13.8 Å². The van der Waals surface area contributed by atoms with Gasteiger partial charge in [0.1, 0.15) is 17.7 Å². The van der Waals surface area contributed by atoms with Crippen molar-refractivity contribution in [3.05, 3.63) is 34.9 Å². The van der Waals surface area contributed by atoms with Crippen LogP contribution in [-0.4, -0.2) is 47.5 Å². The van der Waals surface area contributed by atoms with Gasteiger partial charge in [-0.15, -0.1) is 0 Å². The molecule has 1 aromatic rings. The molecule has 0 aliphatic carbocycles. The summed E-state index contributed by atoms with van der Waals surface area (Å²) < 4.78 is 5.34. The number of aryl methyl sites for hydroxylation is 1. The molecular weight excluding hydrogens is 442 g/mol. The highest BCUT2D eigenvalue weighted by atomic mass is 16.6. The lowest BCUT2D eigenvalue weighted by atomic mass is 9.94. The predicted octanol–water partition coefficient (Wildman–Crippen LogP) is 5.58. The van der Waals surface area contributed by atoms with Crippen LogP contribution in [0.15, 0.2) is 18.2 Å². The Balaban J connectivity index is 3.32. The van der Waals surface area contributed by atoms with Gasteiger partial charge >= 0.3 is 6.09 Å². The van der Waals surface area contributed by atoms with Crippen molar-refractivity contribution >= 4 is 17.9 Å². The molecule has 2 N–H and O–H groups in total. The van der Waals surface area contributed by atoms with E-state index >= 15 is 0 Å². The Bertz CT molecular complexity index is 832. The summed E-state index contributed by atoms with van der Waals surface area (Å²) in [4.78, 5) is 41.3. The second-order valence-corrected chi connectivity index (χ2v) is 10.3. The lowest BCUT2D eigenvalue weighted by molar-refractivity contribution is -0.142. The van der Waals surface area contributed by atoms with E-state index in [2.05, 4.69) is 24.5 Å². The second-order valence-electron chi connectivity index (χ2n) is 10.3. The van der Waals surface area contributed by atoms with Crippen LogP contribution in [0.25, 0.3) is 0 Å². The molecule has 7 nitrogen and oxygen atoms in total. The number of benzene rings is 1.